The predicted octanol–water partition coefficient (Wildman–Crippen LogP) is 1.06. The van der Waals surface area contributed by atoms with Gasteiger partial charge < -0.3 is 15.4 Å². The summed E-state index contributed by atoms with van der Waals surface area (Å²) in [6.45, 7) is 3.10. The molecule has 0 amide bonds. The van der Waals surface area contributed by atoms with Gasteiger partial charge in [0.05, 0.1) is 35.4 Å². The highest BCUT2D eigenvalue weighted by Crippen LogP contribution is 2.07. The van der Waals surface area contributed by atoms with E-state index in [4.69, 9.17) is 0 Å². The van der Waals surface area contributed by atoms with Crippen molar-refractivity contribution in [1.82, 2.24) is 19.7 Å². The van der Waals surface area contributed by atoms with Gasteiger partial charge in [0.1, 0.15) is 12.4 Å². The molecule has 18 heavy (non-hydrogen) atoms. The first-order valence-corrected chi connectivity index (χ1v) is 5.41. The molecule has 8 nitrogen and oxygen atoms in total. The standard InChI is InChI=1S/C10H12N6O2/c1-2-11-9-6-12-8(5-13-9)7-15-4-3-10(14-15)16(17)18/h3-6H,2,7H2,1H3,(H,11,13). The lowest BCUT2D eigenvalue weighted by molar-refractivity contribution is -0.389. The van der Waals surface area contributed by atoms with Crippen LogP contribution in [0.5, 0.6) is 0 Å². The van der Waals surface area contributed by atoms with Crippen LogP contribution in [0, 0.1) is 10.1 Å². The van der Waals surface area contributed by atoms with Crippen molar-refractivity contribution >= 4 is 11.6 Å². The molecule has 0 spiro atoms. The summed E-state index contributed by atoms with van der Waals surface area (Å²) in [5, 5.41) is 17.3. The van der Waals surface area contributed by atoms with Gasteiger partial charge in [-0.05, 0) is 11.8 Å². The molecule has 0 aromatic carbocycles. The van der Waals surface area contributed by atoms with Crippen molar-refractivity contribution in [3.8, 4) is 0 Å². The highest BCUT2D eigenvalue weighted by Gasteiger charge is 2.11. The molecule has 0 atom stereocenters. The van der Waals surface area contributed by atoms with Crippen molar-refractivity contribution in [2.24, 2.45) is 0 Å². The average Bonchev–Trinajstić information content (AvgIpc) is 2.81. The number of anilines is 1. The molecule has 94 valence electrons. The van der Waals surface area contributed by atoms with Gasteiger partial charge in [0, 0.05) is 6.54 Å². The van der Waals surface area contributed by atoms with E-state index < -0.39 is 4.92 Å². The molecule has 0 saturated carbocycles. The zero-order valence-electron chi connectivity index (χ0n) is 9.78. The smallest absolute Gasteiger partial charge is 0.369 e. The second kappa shape index (κ2) is 5.21. The van der Waals surface area contributed by atoms with E-state index in [1.54, 1.807) is 12.4 Å². The monoisotopic (exact) mass is 248 g/mol. The van der Waals surface area contributed by atoms with Crippen LogP contribution in [0.4, 0.5) is 11.6 Å². The molecule has 0 aliphatic carbocycles. The van der Waals surface area contributed by atoms with Gasteiger partial charge in [-0.2, -0.15) is 4.68 Å². The van der Waals surface area contributed by atoms with Gasteiger partial charge in [-0.15, -0.1) is 0 Å². The minimum atomic E-state index is -0.531. The fourth-order valence-electron chi connectivity index (χ4n) is 1.41. The zero-order chi connectivity index (χ0) is 13.0. The first kappa shape index (κ1) is 12.0. The third-order valence-corrected chi connectivity index (χ3v) is 2.20. The van der Waals surface area contributed by atoms with Gasteiger partial charge in [-0.1, -0.05) is 0 Å². The Bertz CT molecular complexity index is 536. The summed E-state index contributed by atoms with van der Waals surface area (Å²) in [5.41, 5.74) is 0.689. The molecule has 2 rings (SSSR count). The lowest BCUT2D eigenvalue weighted by Gasteiger charge is -2.02. The number of aromatic nitrogens is 4. The van der Waals surface area contributed by atoms with Crippen LogP contribution in [0.1, 0.15) is 12.6 Å². The van der Waals surface area contributed by atoms with E-state index in [2.05, 4.69) is 20.4 Å². The number of hydrogen-bond acceptors (Lipinski definition) is 6. The molecule has 2 heterocycles. The molecular weight excluding hydrogens is 236 g/mol. The minimum Gasteiger partial charge on any atom is -0.369 e. The maximum Gasteiger partial charge on any atom is 0.389 e. The van der Waals surface area contributed by atoms with Crippen molar-refractivity contribution in [3.05, 3.63) is 40.5 Å². The molecule has 0 unspecified atom stereocenters. The van der Waals surface area contributed by atoms with Gasteiger partial charge in [-0.3, -0.25) is 4.98 Å². The minimum absolute atomic E-state index is 0.174. The zero-order valence-corrected chi connectivity index (χ0v) is 9.78. The fraction of sp³-hybridized carbons (Fsp3) is 0.300. The van der Waals surface area contributed by atoms with Crippen molar-refractivity contribution in [2.45, 2.75) is 13.5 Å². The van der Waals surface area contributed by atoms with E-state index in [9.17, 15) is 10.1 Å². The van der Waals surface area contributed by atoms with Crippen LogP contribution in [0.15, 0.2) is 24.7 Å². The van der Waals surface area contributed by atoms with E-state index in [1.165, 1.54) is 16.9 Å². The van der Waals surface area contributed by atoms with Crippen molar-refractivity contribution in [3.63, 3.8) is 0 Å². The lowest BCUT2D eigenvalue weighted by Crippen LogP contribution is -2.05. The maximum absolute atomic E-state index is 10.5. The van der Waals surface area contributed by atoms with Gasteiger partial charge in [0.25, 0.3) is 0 Å². The first-order valence-electron chi connectivity index (χ1n) is 5.41. The topological polar surface area (TPSA) is 98.8 Å². The molecule has 0 fully saturated rings. The van der Waals surface area contributed by atoms with Gasteiger partial charge in [0.2, 0.25) is 0 Å². The van der Waals surface area contributed by atoms with Gasteiger partial charge in [0.15, 0.2) is 0 Å². The molecule has 1 N–H and O–H groups in total. The van der Waals surface area contributed by atoms with E-state index in [0.29, 0.717) is 18.1 Å². The molecule has 0 bridgehead atoms. The van der Waals surface area contributed by atoms with Crippen LogP contribution in [-0.2, 0) is 6.54 Å². The Balaban J connectivity index is 2.06. The Labute approximate surface area is 103 Å². The normalized spacial score (nSPS) is 10.3. The highest BCUT2D eigenvalue weighted by atomic mass is 16.6. The van der Waals surface area contributed by atoms with Crippen molar-refractivity contribution < 1.29 is 4.92 Å². The van der Waals surface area contributed by atoms with Crippen LogP contribution in [0.2, 0.25) is 0 Å². The Morgan fingerprint density at radius 1 is 1.44 bits per heavy atom. The fourth-order valence-corrected chi connectivity index (χ4v) is 1.41. The Morgan fingerprint density at radius 2 is 2.28 bits per heavy atom. The summed E-state index contributed by atoms with van der Waals surface area (Å²) in [6, 6.07) is 1.35. The molecule has 0 aliphatic heterocycles. The third kappa shape index (κ3) is 2.78. The number of nitro groups is 1. The van der Waals surface area contributed by atoms with Gasteiger partial charge >= 0.3 is 5.82 Å². The predicted molar refractivity (Wildman–Crippen MR) is 64.2 cm³/mol. The second-order valence-corrected chi connectivity index (χ2v) is 3.55. The van der Waals surface area contributed by atoms with E-state index in [1.807, 2.05) is 6.92 Å². The molecule has 8 heteroatoms. The molecule has 0 saturated heterocycles. The van der Waals surface area contributed by atoms with E-state index in [-0.39, 0.29) is 5.82 Å². The van der Waals surface area contributed by atoms with Gasteiger partial charge in [-0.25, -0.2) is 4.98 Å². The van der Waals surface area contributed by atoms with Crippen molar-refractivity contribution in [1.29, 1.82) is 0 Å². The maximum atomic E-state index is 10.5. The van der Waals surface area contributed by atoms with E-state index in [0.717, 1.165) is 6.54 Å². The largest absolute Gasteiger partial charge is 0.389 e. The van der Waals surface area contributed by atoms with Crippen LogP contribution >= 0.6 is 0 Å². The second-order valence-electron chi connectivity index (χ2n) is 3.55. The SMILES string of the molecule is CCNc1cnc(Cn2ccc([N+](=O)[O-])n2)cn1. The summed E-state index contributed by atoms with van der Waals surface area (Å²) < 4.78 is 1.45. The van der Waals surface area contributed by atoms with Crippen LogP contribution in [-0.4, -0.2) is 31.2 Å². The van der Waals surface area contributed by atoms with Crippen LogP contribution in [0.25, 0.3) is 0 Å². The lowest BCUT2D eigenvalue weighted by atomic mass is 10.4. The molecule has 2 aromatic rings. The van der Waals surface area contributed by atoms with E-state index >= 15 is 0 Å². The summed E-state index contributed by atoms with van der Waals surface area (Å²) in [7, 11) is 0. The summed E-state index contributed by atoms with van der Waals surface area (Å²) in [5.74, 6) is 0.528. The van der Waals surface area contributed by atoms with Crippen molar-refractivity contribution in [2.75, 3.05) is 11.9 Å². The number of hydrogen-bond donors (Lipinski definition) is 1. The molecule has 0 radical (unpaired) electrons. The number of rotatable bonds is 5. The Morgan fingerprint density at radius 3 is 2.83 bits per heavy atom. The molecule has 2 aromatic heterocycles. The van der Waals surface area contributed by atoms with Crippen LogP contribution < -0.4 is 5.32 Å². The third-order valence-electron chi connectivity index (χ3n) is 2.20. The van der Waals surface area contributed by atoms with Crippen LogP contribution in [0.3, 0.4) is 0 Å². The number of nitrogens with zero attached hydrogens (tertiary/aromatic N) is 5. The summed E-state index contributed by atoms with van der Waals surface area (Å²) >= 11 is 0. The quantitative estimate of drug-likeness (QED) is 0.627. The molecule has 0 aliphatic rings. The summed E-state index contributed by atoms with van der Waals surface area (Å²) in [4.78, 5) is 18.3. The summed E-state index contributed by atoms with van der Waals surface area (Å²) in [6.07, 6.45) is 4.78. The Kier molecular flexibility index (Phi) is 3.46. The average molecular weight is 248 g/mol. The highest BCUT2D eigenvalue weighted by molar-refractivity contribution is 5.30. The first-order chi connectivity index (χ1) is 8.69. The number of nitrogens with one attached hydrogen (secondary N) is 1. The Hall–Kier alpha value is -2.51. The molecular formula is C10H12N6O2.